The molecule has 1 fully saturated rings. The third kappa shape index (κ3) is 3.86. The Labute approximate surface area is 119 Å². The second kappa shape index (κ2) is 6.79. The average Bonchev–Trinajstić information content (AvgIpc) is 2.42. The second-order valence-electron chi connectivity index (χ2n) is 4.95. The number of nitrogens with one attached hydrogen (secondary N) is 1. The van der Waals surface area contributed by atoms with Crippen molar-refractivity contribution < 1.29 is 4.74 Å². The quantitative estimate of drug-likeness (QED) is 0.906. The standard InChI is InChI=1S/C15H19ClN2O/c1-2-3-14-9-13(6-7-19-14)18-12-4-5-15(16)11(8-12)10-17/h4-5,8,13-14,18H,2-3,6-7,9H2,1H3. The maximum absolute atomic E-state index is 8.98. The highest BCUT2D eigenvalue weighted by atomic mass is 35.5. The van der Waals surface area contributed by atoms with Crippen LogP contribution in [-0.4, -0.2) is 18.8 Å². The SMILES string of the molecule is CCCC1CC(Nc2ccc(Cl)c(C#N)c2)CCO1. The van der Waals surface area contributed by atoms with Gasteiger partial charge in [-0.25, -0.2) is 0 Å². The van der Waals surface area contributed by atoms with Gasteiger partial charge < -0.3 is 10.1 Å². The van der Waals surface area contributed by atoms with E-state index in [-0.39, 0.29) is 0 Å². The van der Waals surface area contributed by atoms with Gasteiger partial charge in [-0.15, -0.1) is 0 Å². The van der Waals surface area contributed by atoms with Crippen LogP contribution in [0.15, 0.2) is 18.2 Å². The minimum absolute atomic E-state index is 0.360. The molecule has 3 nitrogen and oxygen atoms in total. The van der Waals surface area contributed by atoms with Crippen LogP contribution < -0.4 is 5.32 Å². The van der Waals surface area contributed by atoms with Gasteiger partial charge >= 0.3 is 0 Å². The van der Waals surface area contributed by atoms with Gasteiger partial charge in [-0.1, -0.05) is 24.9 Å². The highest BCUT2D eigenvalue weighted by Gasteiger charge is 2.21. The molecule has 1 aliphatic rings. The molecular formula is C15H19ClN2O. The molecule has 2 atom stereocenters. The number of halogens is 1. The van der Waals surface area contributed by atoms with Gasteiger partial charge in [0.2, 0.25) is 0 Å². The Morgan fingerprint density at radius 3 is 3.11 bits per heavy atom. The molecule has 0 aliphatic carbocycles. The number of nitriles is 1. The van der Waals surface area contributed by atoms with Crippen LogP contribution in [0.25, 0.3) is 0 Å². The van der Waals surface area contributed by atoms with E-state index in [0.717, 1.165) is 38.0 Å². The molecule has 1 N–H and O–H groups in total. The lowest BCUT2D eigenvalue weighted by molar-refractivity contribution is 0.00598. The maximum Gasteiger partial charge on any atom is 0.101 e. The predicted molar refractivity (Wildman–Crippen MR) is 77.5 cm³/mol. The Kier molecular flexibility index (Phi) is 5.07. The summed E-state index contributed by atoms with van der Waals surface area (Å²) >= 11 is 5.93. The predicted octanol–water partition coefficient (Wildman–Crippen LogP) is 3.97. The smallest absolute Gasteiger partial charge is 0.101 e. The summed E-state index contributed by atoms with van der Waals surface area (Å²) < 4.78 is 5.74. The zero-order valence-corrected chi connectivity index (χ0v) is 11.9. The zero-order valence-electron chi connectivity index (χ0n) is 11.2. The van der Waals surface area contributed by atoms with E-state index >= 15 is 0 Å². The van der Waals surface area contributed by atoms with Crippen LogP contribution in [0.5, 0.6) is 0 Å². The number of rotatable bonds is 4. The van der Waals surface area contributed by atoms with E-state index in [9.17, 15) is 0 Å². The minimum Gasteiger partial charge on any atom is -0.382 e. The first-order valence-electron chi connectivity index (χ1n) is 6.80. The molecule has 2 rings (SSSR count). The van der Waals surface area contributed by atoms with Crippen molar-refractivity contribution in [2.24, 2.45) is 0 Å². The van der Waals surface area contributed by atoms with E-state index in [0.29, 0.717) is 22.7 Å². The van der Waals surface area contributed by atoms with E-state index in [1.165, 1.54) is 0 Å². The van der Waals surface area contributed by atoms with Crippen LogP contribution >= 0.6 is 11.6 Å². The van der Waals surface area contributed by atoms with Gasteiger partial charge in [0.1, 0.15) is 6.07 Å². The minimum atomic E-state index is 0.360. The lowest BCUT2D eigenvalue weighted by atomic mass is 9.99. The van der Waals surface area contributed by atoms with Crippen molar-refractivity contribution in [2.45, 2.75) is 44.8 Å². The summed E-state index contributed by atoms with van der Waals surface area (Å²) in [5.41, 5.74) is 1.48. The molecule has 1 heterocycles. The summed E-state index contributed by atoms with van der Waals surface area (Å²) in [5, 5.41) is 13.0. The van der Waals surface area contributed by atoms with Crippen LogP contribution in [0.3, 0.4) is 0 Å². The topological polar surface area (TPSA) is 45.0 Å². The molecule has 1 aromatic rings. The number of anilines is 1. The summed E-state index contributed by atoms with van der Waals surface area (Å²) in [7, 11) is 0. The maximum atomic E-state index is 8.98. The summed E-state index contributed by atoms with van der Waals surface area (Å²) in [4.78, 5) is 0. The fourth-order valence-corrected chi connectivity index (χ4v) is 2.63. The molecule has 1 saturated heterocycles. The van der Waals surface area contributed by atoms with E-state index in [2.05, 4.69) is 18.3 Å². The summed E-state index contributed by atoms with van der Waals surface area (Å²) in [6.07, 6.45) is 4.65. The molecule has 1 aliphatic heterocycles. The van der Waals surface area contributed by atoms with Gasteiger partial charge in [0, 0.05) is 18.3 Å². The van der Waals surface area contributed by atoms with Crippen molar-refractivity contribution in [3.05, 3.63) is 28.8 Å². The number of hydrogen-bond donors (Lipinski definition) is 1. The molecule has 1 aromatic carbocycles. The first kappa shape index (κ1) is 14.2. The summed E-state index contributed by atoms with van der Waals surface area (Å²) in [6.45, 7) is 2.99. The van der Waals surface area contributed by atoms with Gasteiger partial charge in [0.25, 0.3) is 0 Å². The van der Waals surface area contributed by atoms with Crippen LogP contribution in [0.1, 0.15) is 38.2 Å². The van der Waals surface area contributed by atoms with E-state index in [1.54, 1.807) is 6.07 Å². The zero-order chi connectivity index (χ0) is 13.7. The number of hydrogen-bond acceptors (Lipinski definition) is 3. The van der Waals surface area contributed by atoms with Crippen molar-refractivity contribution in [2.75, 3.05) is 11.9 Å². The largest absolute Gasteiger partial charge is 0.382 e. The fourth-order valence-electron chi connectivity index (χ4n) is 2.47. The molecule has 4 heteroatoms. The summed E-state index contributed by atoms with van der Waals surface area (Å²) in [6, 6.07) is 8.03. The Balaban J connectivity index is 1.99. The molecule has 0 amide bonds. The Morgan fingerprint density at radius 1 is 1.53 bits per heavy atom. The third-order valence-electron chi connectivity index (χ3n) is 3.44. The summed E-state index contributed by atoms with van der Waals surface area (Å²) in [5.74, 6) is 0. The average molecular weight is 279 g/mol. The molecular weight excluding hydrogens is 260 g/mol. The molecule has 0 bridgehead atoms. The second-order valence-corrected chi connectivity index (χ2v) is 5.36. The van der Waals surface area contributed by atoms with Crippen molar-refractivity contribution in [1.29, 1.82) is 5.26 Å². The van der Waals surface area contributed by atoms with Gasteiger partial charge in [-0.2, -0.15) is 5.26 Å². The van der Waals surface area contributed by atoms with Crippen molar-refractivity contribution in [1.82, 2.24) is 0 Å². The van der Waals surface area contributed by atoms with Crippen molar-refractivity contribution >= 4 is 17.3 Å². The highest BCUT2D eigenvalue weighted by molar-refractivity contribution is 6.31. The molecule has 0 saturated carbocycles. The molecule has 2 unspecified atom stereocenters. The highest BCUT2D eigenvalue weighted by Crippen LogP contribution is 2.24. The first-order valence-corrected chi connectivity index (χ1v) is 7.18. The van der Waals surface area contributed by atoms with E-state index in [4.69, 9.17) is 21.6 Å². The van der Waals surface area contributed by atoms with Gasteiger partial charge in [0.05, 0.1) is 16.7 Å². The van der Waals surface area contributed by atoms with Gasteiger partial charge in [0.15, 0.2) is 0 Å². The first-order chi connectivity index (χ1) is 9.22. The van der Waals surface area contributed by atoms with Crippen LogP contribution in [0.2, 0.25) is 5.02 Å². The molecule has 0 spiro atoms. The lowest BCUT2D eigenvalue weighted by Gasteiger charge is -2.30. The fraction of sp³-hybridized carbons (Fsp3) is 0.533. The van der Waals surface area contributed by atoms with Crippen molar-refractivity contribution in [3.8, 4) is 6.07 Å². The lowest BCUT2D eigenvalue weighted by Crippen LogP contribution is -2.34. The monoisotopic (exact) mass is 278 g/mol. The van der Waals surface area contributed by atoms with Gasteiger partial charge in [-0.05, 0) is 37.5 Å². The third-order valence-corrected chi connectivity index (χ3v) is 3.77. The van der Waals surface area contributed by atoms with E-state index in [1.807, 2.05) is 12.1 Å². The normalized spacial score (nSPS) is 22.8. The van der Waals surface area contributed by atoms with Crippen LogP contribution in [0.4, 0.5) is 5.69 Å². The Bertz CT molecular complexity index is 468. The number of ether oxygens (including phenoxy) is 1. The Morgan fingerprint density at radius 2 is 2.37 bits per heavy atom. The van der Waals surface area contributed by atoms with Crippen LogP contribution in [-0.2, 0) is 4.74 Å². The molecule has 0 radical (unpaired) electrons. The Hall–Kier alpha value is -1.24. The van der Waals surface area contributed by atoms with Crippen LogP contribution in [0, 0.1) is 11.3 Å². The molecule has 0 aromatic heterocycles. The number of benzene rings is 1. The number of nitrogens with zero attached hydrogens (tertiary/aromatic N) is 1. The molecule has 102 valence electrons. The van der Waals surface area contributed by atoms with Gasteiger partial charge in [-0.3, -0.25) is 0 Å². The van der Waals surface area contributed by atoms with E-state index < -0.39 is 0 Å². The molecule has 19 heavy (non-hydrogen) atoms. The van der Waals surface area contributed by atoms with Crippen molar-refractivity contribution in [3.63, 3.8) is 0 Å².